The van der Waals surface area contributed by atoms with E-state index in [1.165, 1.54) is 30.3 Å². The van der Waals surface area contributed by atoms with Gasteiger partial charge >= 0.3 is 0 Å². The van der Waals surface area contributed by atoms with Gasteiger partial charge in [-0.15, -0.1) is 0 Å². The molecule has 0 spiro atoms. The standard InChI is InChI=1S/C22H23FN2O5S/c23-15-3-1-14(2-4-15)22(26)24-16-11-17-5-6-18(12-16)25(17)31(27,28)19-7-8-20-21(13-19)30-10-9-29-20/h1-4,7-8,13,16-18H,5-6,9-12H2,(H,24,26). The van der Waals surface area contributed by atoms with Crippen molar-refractivity contribution in [3.05, 3.63) is 53.8 Å². The van der Waals surface area contributed by atoms with Crippen LogP contribution in [0.3, 0.4) is 0 Å². The van der Waals surface area contributed by atoms with Crippen LogP contribution in [-0.4, -0.2) is 50.0 Å². The molecule has 2 saturated heterocycles. The lowest BCUT2D eigenvalue weighted by atomic mass is 9.99. The number of amides is 1. The molecule has 2 bridgehead atoms. The van der Waals surface area contributed by atoms with Crippen molar-refractivity contribution in [2.75, 3.05) is 13.2 Å². The Bertz CT molecular complexity index is 1090. The van der Waals surface area contributed by atoms with E-state index in [1.807, 2.05) is 0 Å². The van der Waals surface area contributed by atoms with E-state index in [0.717, 1.165) is 12.8 Å². The molecule has 7 nitrogen and oxygen atoms in total. The van der Waals surface area contributed by atoms with Gasteiger partial charge in [-0.2, -0.15) is 4.31 Å². The molecule has 0 aromatic heterocycles. The van der Waals surface area contributed by atoms with Crippen LogP contribution in [0.5, 0.6) is 11.5 Å². The molecular formula is C22H23FN2O5S. The number of carbonyl (C=O) groups excluding carboxylic acids is 1. The number of hydrogen-bond donors (Lipinski definition) is 1. The lowest BCUT2D eigenvalue weighted by molar-refractivity contribution is 0.0909. The summed E-state index contributed by atoms with van der Waals surface area (Å²) >= 11 is 0. The van der Waals surface area contributed by atoms with E-state index in [0.29, 0.717) is 43.1 Å². The third-order valence-electron chi connectivity index (χ3n) is 6.20. The summed E-state index contributed by atoms with van der Waals surface area (Å²) < 4.78 is 52.6. The molecule has 31 heavy (non-hydrogen) atoms. The van der Waals surface area contributed by atoms with Crippen LogP contribution >= 0.6 is 0 Å². The van der Waals surface area contributed by atoms with Crippen molar-refractivity contribution in [2.24, 2.45) is 0 Å². The number of halogens is 1. The van der Waals surface area contributed by atoms with Crippen LogP contribution < -0.4 is 14.8 Å². The summed E-state index contributed by atoms with van der Waals surface area (Å²) in [5, 5.41) is 2.99. The molecule has 0 radical (unpaired) electrons. The van der Waals surface area contributed by atoms with Crippen molar-refractivity contribution in [1.82, 2.24) is 9.62 Å². The largest absolute Gasteiger partial charge is 0.486 e. The predicted octanol–water partition coefficient (Wildman–Crippen LogP) is 2.71. The number of hydrogen-bond acceptors (Lipinski definition) is 5. The van der Waals surface area contributed by atoms with E-state index in [9.17, 15) is 17.6 Å². The number of rotatable bonds is 4. The molecule has 2 atom stereocenters. The number of ether oxygens (including phenoxy) is 2. The zero-order valence-corrected chi connectivity index (χ0v) is 17.6. The van der Waals surface area contributed by atoms with Crippen molar-refractivity contribution in [2.45, 2.75) is 48.7 Å². The number of piperidine rings is 1. The smallest absolute Gasteiger partial charge is 0.251 e. The van der Waals surface area contributed by atoms with Gasteiger partial charge in [-0.05, 0) is 62.1 Å². The quantitative estimate of drug-likeness (QED) is 0.781. The number of carbonyl (C=O) groups is 1. The molecule has 0 aliphatic carbocycles. The lowest BCUT2D eigenvalue weighted by Crippen LogP contribution is -2.52. The zero-order valence-electron chi connectivity index (χ0n) is 16.8. The van der Waals surface area contributed by atoms with Gasteiger partial charge in [-0.25, -0.2) is 12.8 Å². The SMILES string of the molecule is O=C(NC1CC2CCC(C1)N2S(=O)(=O)c1ccc2c(c1)OCCO2)c1ccc(F)cc1. The minimum absolute atomic E-state index is 0.123. The highest BCUT2D eigenvalue weighted by molar-refractivity contribution is 7.89. The van der Waals surface area contributed by atoms with Crippen LogP contribution in [0, 0.1) is 5.82 Å². The van der Waals surface area contributed by atoms with Gasteiger partial charge in [0.1, 0.15) is 19.0 Å². The average Bonchev–Trinajstić information content (AvgIpc) is 3.06. The normalized spacial score (nSPS) is 25.3. The van der Waals surface area contributed by atoms with Gasteiger partial charge in [0.15, 0.2) is 11.5 Å². The van der Waals surface area contributed by atoms with Crippen LogP contribution in [0.15, 0.2) is 47.4 Å². The van der Waals surface area contributed by atoms with Crippen LogP contribution in [-0.2, 0) is 10.0 Å². The van der Waals surface area contributed by atoms with Gasteiger partial charge < -0.3 is 14.8 Å². The Morgan fingerprint density at radius 2 is 1.61 bits per heavy atom. The molecule has 3 heterocycles. The maximum Gasteiger partial charge on any atom is 0.251 e. The number of fused-ring (bicyclic) bond motifs is 3. The summed E-state index contributed by atoms with van der Waals surface area (Å²) in [4.78, 5) is 12.7. The topological polar surface area (TPSA) is 84.9 Å². The summed E-state index contributed by atoms with van der Waals surface area (Å²) in [5.41, 5.74) is 0.389. The van der Waals surface area contributed by atoms with Crippen LogP contribution in [0.1, 0.15) is 36.0 Å². The van der Waals surface area contributed by atoms with Crippen molar-refractivity contribution >= 4 is 15.9 Å². The summed E-state index contributed by atoms with van der Waals surface area (Å²) in [6.07, 6.45) is 2.62. The van der Waals surface area contributed by atoms with Gasteiger partial charge in [0.25, 0.3) is 5.91 Å². The van der Waals surface area contributed by atoms with E-state index >= 15 is 0 Å². The van der Waals surface area contributed by atoms with E-state index < -0.39 is 15.8 Å². The minimum atomic E-state index is -3.70. The maximum atomic E-state index is 13.4. The second-order valence-corrected chi connectivity index (χ2v) is 10.0. The molecule has 1 amide bonds. The highest BCUT2D eigenvalue weighted by Gasteiger charge is 2.47. The van der Waals surface area contributed by atoms with Crippen molar-refractivity contribution in [3.63, 3.8) is 0 Å². The maximum absolute atomic E-state index is 13.4. The van der Waals surface area contributed by atoms with E-state index in [1.54, 1.807) is 16.4 Å². The molecule has 164 valence electrons. The average molecular weight is 447 g/mol. The second kappa shape index (κ2) is 7.80. The second-order valence-electron chi connectivity index (χ2n) is 8.17. The number of nitrogens with one attached hydrogen (secondary N) is 1. The first-order valence-corrected chi connectivity index (χ1v) is 11.9. The van der Waals surface area contributed by atoms with E-state index in [4.69, 9.17) is 9.47 Å². The summed E-state index contributed by atoms with van der Waals surface area (Å²) in [7, 11) is -3.70. The molecule has 3 aliphatic heterocycles. The van der Waals surface area contributed by atoms with Gasteiger partial charge in [-0.3, -0.25) is 4.79 Å². The third kappa shape index (κ3) is 3.76. The molecule has 1 N–H and O–H groups in total. The monoisotopic (exact) mass is 446 g/mol. The van der Waals surface area contributed by atoms with Crippen LogP contribution in [0.2, 0.25) is 0 Å². The highest BCUT2D eigenvalue weighted by Crippen LogP contribution is 2.41. The van der Waals surface area contributed by atoms with Gasteiger partial charge in [0.2, 0.25) is 10.0 Å². The Hall–Kier alpha value is -2.65. The van der Waals surface area contributed by atoms with Crippen molar-refractivity contribution in [1.29, 1.82) is 0 Å². The highest BCUT2D eigenvalue weighted by atomic mass is 32.2. The molecule has 3 aliphatic rings. The molecule has 5 rings (SSSR count). The molecular weight excluding hydrogens is 423 g/mol. The molecule has 9 heteroatoms. The third-order valence-corrected chi connectivity index (χ3v) is 8.20. The number of sulfonamides is 1. The Kier molecular flexibility index (Phi) is 5.10. The molecule has 2 fully saturated rings. The first kappa shape index (κ1) is 20.3. The van der Waals surface area contributed by atoms with E-state index in [2.05, 4.69) is 5.32 Å². The van der Waals surface area contributed by atoms with Gasteiger partial charge in [-0.1, -0.05) is 0 Å². The van der Waals surface area contributed by atoms with Crippen molar-refractivity contribution in [3.8, 4) is 11.5 Å². The minimum Gasteiger partial charge on any atom is -0.486 e. The molecule has 2 aromatic rings. The van der Waals surface area contributed by atoms with Gasteiger partial charge in [0.05, 0.1) is 4.90 Å². The molecule has 0 saturated carbocycles. The molecule has 2 unspecified atom stereocenters. The Morgan fingerprint density at radius 1 is 0.968 bits per heavy atom. The first-order chi connectivity index (χ1) is 14.9. The lowest BCUT2D eigenvalue weighted by Gasteiger charge is -2.38. The first-order valence-electron chi connectivity index (χ1n) is 10.4. The summed E-state index contributed by atoms with van der Waals surface area (Å²) in [5.74, 6) is 0.330. The fraction of sp³-hybridized carbons (Fsp3) is 0.409. The fourth-order valence-corrected chi connectivity index (χ4v) is 6.73. The van der Waals surface area contributed by atoms with Gasteiger partial charge in [0, 0.05) is 29.8 Å². The molecule has 2 aromatic carbocycles. The Morgan fingerprint density at radius 3 is 2.29 bits per heavy atom. The fourth-order valence-electron chi connectivity index (χ4n) is 4.82. The number of benzene rings is 2. The Balaban J connectivity index is 1.32. The Labute approximate surface area is 180 Å². The number of nitrogens with zero attached hydrogens (tertiary/aromatic N) is 1. The van der Waals surface area contributed by atoms with Crippen LogP contribution in [0.25, 0.3) is 0 Å². The zero-order chi connectivity index (χ0) is 21.6. The van der Waals surface area contributed by atoms with E-state index in [-0.39, 0.29) is 28.9 Å². The van der Waals surface area contributed by atoms with Crippen molar-refractivity contribution < 1.29 is 27.1 Å². The predicted molar refractivity (Wildman–Crippen MR) is 110 cm³/mol. The van der Waals surface area contributed by atoms with Crippen LogP contribution in [0.4, 0.5) is 4.39 Å². The summed E-state index contributed by atoms with van der Waals surface area (Å²) in [6, 6.07) is 9.66. The summed E-state index contributed by atoms with van der Waals surface area (Å²) in [6.45, 7) is 0.835.